The van der Waals surface area contributed by atoms with E-state index >= 15 is 0 Å². The monoisotopic (exact) mass is 379 g/mol. The van der Waals surface area contributed by atoms with Crippen LogP contribution in [0.1, 0.15) is 0 Å². The van der Waals surface area contributed by atoms with Gasteiger partial charge in [0.2, 0.25) is 10.0 Å². The van der Waals surface area contributed by atoms with Crippen molar-refractivity contribution < 1.29 is 18.1 Å². The van der Waals surface area contributed by atoms with Crippen LogP contribution in [0.15, 0.2) is 41.4 Å². The summed E-state index contributed by atoms with van der Waals surface area (Å²) < 4.78 is 28.0. The van der Waals surface area contributed by atoms with Gasteiger partial charge in [-0.3, -0.25) is 10.1 Å². The number of aromatic nitrogens is 1. The molecule has 1 aromatic carbocycles. The highest BCUT2D eigenvalue weighted by Gasteiger charge is 2.19. The Hall–Kier alpha value is -2.76. The maximum atomic E-state index is 11.4. The number of morpholine rings is 1. The van der Waals surface area contributed by atoms with Gasteiger partial charge in [-0.25, -0.2) is 18.5 Å². The standard InChI is InChI=1S/C15H17N5O5S/c16-26(23,24)12-2-3-13(14(9-12)20(21)22)18-11-1-4-15(17-10-11)19-5-7-25-8-6-19/h1-4,9-10,18H,5-8H2,(H2,16,23,24). The number of hydrogen-bond acceptors (Lipinski definition) is 8. The first-order chi connectivity index (χ1) is 12.3. The number of anilines is 3. The number of nitro groups is 1. The molecular formula is C15H17N5O5S. The number of hydrogen-bond donors (Lipinski definition) is 2. The van der Waals surface area contributed by atoms with Crippen molar-refractivity contribution in [2.75, 3.05) is 36.5 Å². The molecule has 0 amide bonds. The molecular weight excluding hydrogens is 362 g/mol. The average Bonchev–Trinajstić information content (AvgIpc) is 2.62. The van der Waals surface area contributed by atoms with Crippen LogP contribution >= 0.6 is 0 Å². The lowest BCUT2D eigenvalue weighted by Crippen LogP contribution is -2.36. The Morgan fingerprint density at radius 2 is 1.96 bits per heavy atom. The Balaban J connectivity index is 1.83. The van der Waals surface area contributed by atoms with E-state index in [0.29, 0.717) is 18.9 Å². The number of primary sulfonamides is 1. The number of sulfonamides is 1. The Bertz CT molecular complexity index is 911. The molecule has 0 spiro atoms. The number of nitrogens with zero attached hydrogens (tertiary/aromatic N) is 3. The van der Waals surface area contributed by atoms with Gasteiger partial charge in [0.15, 0.2) is 0 Å². The molecule has 138 valence electrons. The topological polar surface area (TPSA) is 141 Å². The van der Waals surface area contributed by atoms with Crippen LogP contribution in [-0.2, 0) is 14.8 Å². The summed E-state index contributed by atoms with van der Waals surface area (Å²) in [6, 6.07) is 6.98. The van der Waals surface area contributed by atoms with Gasteiger partial charge < -0.3 is 15.0 Å². The molecule has 0 atom stereocenters. The largest absolute Gasteiger partial charge is 0.378 e. The first kappa shape index (κ1) is 18.0. The second-order valence-corrected chi connectivity index (χ2v) is 7.17. The SMILES string of the molecule is NS(=O)(=O)c1ccc(Nc2ccc(N3CCOCC3)nc2)c([N+](=O)[O-])c1. The highest BCUT2D eigenvalue weighted by atomic mass is 32.2. The summed E-state index contributed by atoms with van der Waals surface area (Å²) in [6.45, 7) is 2.79. The summed E-state index contributed by atoms with van der Waals surface area (Å²) in [7, 11) is -4.03. The van der Waals surface area contributed by atoms with Gasteiger partial charge in [0.1, 0.15) is 11.5 Å². The molecule has 10 nitrogen and oxygen atoms in total. The molecule has 1 aliphatic rings. The average molecular weight is 379 g/mol. The van der Waals surface area contributed by atoms with Crippen LogP contribution in [0.3, 0.4) is 0 Å². The van der Waals surface area contributed by atoms with Crippen molar-refractivity contribution in [1.82, 2.24) is 4.98 Å². The zero-order chi connectivity index (χ0) is 18.7. The molecule has 0 unspecified atom stereocenters. The van der Waals surface area contributed by atoms with Gasteiger partial charge in [-0.15, -0.1) is 0 Å². The molecule has 1 saturated heterocycles. The number of nitro benzene ring substituents is 1. The van der Waals surface area contributed by atoms with E-state index in [-0.39, 0.29) is 10.6 Å². The maximum absolute atomic E-state index is 11.4. The van der Waals surface area contributed by atoms with Gasteiger partial charge in [0.25, 0.3) is 5.69 Å². The molecule has 0 radical (unpaired) electrons. The van der Waals surface area contributed by atoms with E-state index in [1.165, 1.54) is 12.1 Å². The minimum atomic E-state index is -4.03. The summed E-state index contributed by atoms with van der Waals surface area (Å²) >= 11 is 0. The first-order valence-electron chi connectivity index (χ1n) is 7.71. The summed E-state index contributed by atoms with van der Waals surface area (Å²) in [4.78, 5) is 16.7. The first-order valence-corrected chi connectivity index (χ1v) is 9.26. The van der Waals surface area contributed by atoms with Crippen molar-refractivity contribution in [1.29, 1.82) is 0 Å². The van der Waals surface area contributed by atoms with Crippen LogP contribution in [-0.4, -0.2) is 44.6 Å². The van der Waals surface area contributed by atoms with Gasteiger partial charge in [-0.1, -0.05) is 0 Å². The van der Waals surface area contributed by atoms with E-state index < -0.39 is 20.6 Å². The number of ether oxygens (including phenoxy) is 1. The van der Waals surface area contributed by atoms with Crippen LogP contribution in [0.25, 0.3) is 0 Å². The molecule has 1 fully saturated rings. The van der Waals surface area contributed by atoms with Crippen LogP contribution in [0, 0.1) is 10.1 Å². The van der Waals surface area contributed by atoms with Gasteiger partial charge in [0, 0.05) is 19.2 Å². The van der Waals surface area contributed by atoms with Crippen molar-refractivity contribution in [3.05, 3.63) is 46.6 Å². The molecule has 11 heteroatoms. The fraction of sp³-hybridized carbons (Fsp3) is 0.267. The van der Waals surface area contributed by atoms with Crippen molar-refractivity contribution in [2.45, 2.75) is 4.90 Å². The molecule has 3 N–H and O–H groups in total. The van der Waals surface area contributed by atoms with Crippen molar-refractivity contribution in [3.63, 3.8) is 0 Å². The van der Waals surface area contributed by atoms with E-state index in [0.717, 1.165) is 25.0 Å². The summed E-state index contributed by atoms with van der Waals surface area (Å²) in [5.74, 6) is 0.790. The lowest BCUT2D eigenvalue weighted by Gasteiger charge is -2.27. The third-order valence-corrected chi connectivity index (χ3v) is 4.77. The second-order valence-electron chi connectivity index (χ2n) is 5.61. The Kier molecular flexibility index (Phi) is 5.02. The predicted molar refractivity (Wildman–Crippen MR) is 95.0 cm³/mol. The van der Waals surface area contributed by atoms with Gasteiger partial charge in [-0.2, -0.15) is 0 Å². The van der Waals surface area contributed by atoms with Crippen molar-refractivity contribution in [2.24, 2.45) is 5.14 Å². The van der Waals surface area contributed by atoms with Crippen LogP contribution in [0.4, 0.5) is 22.9 Å². The highest BCUT2D eigenvalue weighted by Crippen LogP contribution is 2.30. The highest BCUT2D eigenvalue weighted by molar-refractivity contribution is 7.89. The van der Waals surface area contributed by atoms with Crippen LogP contribution < -0.4 is 15.4 Å². The smallest absolute Gasteiger partial charge is 0.294 e. The fourth-order valence-electron chi connectivity index (χ4n) is 2.54. The number of pyridine rings is 1. The van der Waals surface area contributed by atoms with Crippen LogP contribution in [0.2, 0.25) is 0 Å². The lowest BCUT2D eigenvalue weighted by molar-refractivity contribution is -0.384. The Morgan fingerprint density at radius 3 is 2.54 bits per heavy atom. The van der Waals surface area contributed by atoms with Gasteiger partial charge >= 0.3 is 0 Å². The summed E-state index contributed by atoms with van der Waals surface area (Å²) in [6.07, 6.45) is 1.56. The molecule has 3 rings (SSSR count). The van der Waals surface area contributed by atoms with E-state index in [2.05, 4.69) is 15.2 Å². The quantitative estimate of drug-likeness (QED) is 0.583. The molecule has 0 bridgehead atoms. The van der Waals surface area contributed by atoms with Gasteiger partial charge in [0.05, 0.1) is 34.9 Å². The van der Waals surface area contributed by atoms with E-state index in [1.807, 2.05) is 0 Å². The van der Waals surface area contributed by atoms with E-state index in [1.54, 1.807) is 18.3 Å². The molecule has 1 aliphatic heterocycles. The number of nitrogens with two attached hydrogens (primary N) is 1. The minimum Gasteiger partial charge on any atom is -0.378 e. The van der Waals surface area contributed by atoms with E-state index in [9.17, 15) is 18.5 Å². The molecule has 0 saturated carbocycles. The number of benzene rings is 1. The number of rotatable bonds is 5. The Labute approximate surface area is 149 Å². The van der Waals surface area contributed by atoms with Crippen molar-refractivity contribution in [3.8, 4) is 0 Å². The second kappa shape index (κ2) is 7.23. The fourth-order valence-corrected chi connectivity index (χ4v) is 3.07. The zero-order valence-electron chi connectivity index (χ0n) is 13.7. The van der Waals surface area contributed by atoms with Crippen LogP contribution in [0.5, 0.6) is 0 Å². The van der Waals surface area contributed by atoms with Gasteiger partial charge in [-0.05, 0) is 24.3 Å². The molecule has 2 aromatic rings. The summed E-state index contributed by atoms with van der Waals surface area (Å²) in [5, 5.41) is 19.1. The third-order valence-electron chi connectivity index (χ3n) is 3.86. The Morgan fingerprint density at radius 1 is 1.23 bits per heavy atom. The third kappa shape index (κ3) is 4.07. The van der Waals surface area contributed by atoms with Crippen molar-refractivity contribution >= 4 is 32.9 Å². The normalized spacial score (nSPS) is 14.9. The van der Waals surface area contributed by atoms with E-state index in [4.69, 9.17) is 9.88 Å². The minimum absolute atomic E-state index is 0.142. The summed E-state index contributed by atoms with van der Waals surface area (Å²) in [5.41, 5.74) is 0.283. The lowest BCUT2D eigenvalue weighted by atomic mass is 10.2. The molecule has 1 aromatic heterocycles. The molecule has 2 heterocycles. The zero-order valence-corrected chi connectivity index (χ0v) is 14.5. The predicted octanol–water partition coefficient (Wildman–Crippen LogP) is 1.22. The number of nitrogens with one attached hydrogen (secondary N) is 1. The maximum Gasteiger partial charge on any atom is 0.294 e. The molecule has 26 heavy (non-hydrogen) atoms. The molecule has 0 aliphatic carbocycles.